The van der Waals surface area contributed by atoms with E-state index in [1.54, 1.807) is 62.0 Å². The number of thioether (sulfide) groups is 1. The highest BCUT2D eigenvalue weighted by molar-refractivity contribution is 7.98. The molecule has 0 bridgehead atoms. The maximum atomic E-state index is 13.7. The molecule has 3 heterocycles. The van der Waals surface area contributed by atoms with Crippen LogP contribution in [0.15, 0.2) is 85.5 Å². The lowest BCUT2D eigenvalue weighted by Gasteiger charge is -2.22. The standard InChI is InChI=1S/C28H25N3O6S2/c1-4-36-27(33)21-15-29-28-30(25(21)17-7-10-20(38-3)11-8-17)26(32)24(39-28)14-19-9-12-23(37-19)18-6-5-16(2)22(13-18)31(34)35/h5-15,25,34-35H,4H2,1-3H3. The second-order valence-corrected chi connectivity index (χ2v) is 10.6. The van der Waals surface area contributed by atoms with E-state index in [2.05, 4.69) is 4.99 Å². The molecule has 2 aromatic carbocycles. The number of thiazole rings is 1. The number of hydrogen-bond acceptors (Lipinski definition) is 10. The summed E-state index contributed by atoms with van der Waals surface area (Å²) in [5.74, 6) is 0.410. The molecule has 4 aromatic rings. The Kier molecular flexibility index (Phi) is 7.58. The van der Waals surface area contributed by atoms with Crippen molar-refractivity contribution in [1.29, 1.82) is 0 Å². The molecule has 0 amide bonds. The van der Waals surface area contributed by atoms with Gasteiger partial charge in [-0.2, -0.15) is 0 Å². The van der Waals surface area contributed by atoms with Crippen molar-refractivity contribution in [1.82, 2.24) is 4.57 Å². The molecule has 1 aliphatic rings. The Morgan fingerprint density at radius 2 is 1.97 bits per heavy atom. The van der Waals surface area contributed by atoms with Crippen molar-refractivity contribution in [3.05, 3.63) is 103 Å². The van der Waals surface area contributed by atoms with Gasteiger partial charge in [0.15, 0.2) is 4.80 Å². The van der Waals surface area contributed by atoms with Crippen LogP contribution in [0.4, 0.5) is 5.69 Å². The number of aryl methyl sites for hydroxylation is 1. The second-order valence-electron chi connectivity index (χ2n) is 8.67. The summed E-state index contributed by atoms with van der Waals surface area (Å²) in [5, 5.41) is 19.0. The molecule has 0 radical (unpaired) electrons. The van der Waals surface area contributed by atoms with E-state index in [0.717, 1.165) is 10.5 Å². The summed E-state index contributed by atoms with van der Waals surface area (Å²) in [4.78, 5) is 32.4. The van der Waals surface area contributed by atoms with Crippen LogP contribution in [-0.2, 0) is 9.53 Å². The number of benzene rings is 2. The Morgan fingerprint density at radius 1 is 1.21 bits per heavy atom. The Morgan fingerprint density at radius 3 is 2.67 bits per heavy atom. The first-order valence-electron chi connectivity index (χ1n) is 12.0. The molecule has 2 aromatic heterocycles. The Bertz CT molecular complexity index is 1750. The van der Waals surface area contributed by atoms with Gasteiger partial charge in [0.1, 0.15) is 11.5 Å². The minimum atomic E-state index is -0.684. The number of fused-ring (bicyclic) bond motifs is 1. The molecule has 200 valence electrons. The molecular weight excluding hydrogens is 538 g/mol. The predicted molar refractivity (Wildman–Crippen MR) is 149 cm³/mol. The quantitative estimate of drug-likeness (QED) is 0.194. The van der Waals surface area contributed by atoms with E-state index < -0.39 is 12.0 Å². The first kappa shape index (κ1) is 26.7. The third-order valence-electron chi connectivity index (χ3n) is 6.26. The van der Waals surface area contributed by atoms with E-state index in [9.17, 15) is 20.0 Å². The lowest BCUT2D eigenvalue weighted by molar-refractivity contribution is -0.139. The number of nitrogens with zero attached hydrogens (tertiary/aromatic N) is 3. The maximum Gasteiger partial charge on any atom is 0.338 e. The lowest BCUT2D eigenvalue weighted by atomic mass is 9.98. The Balaban J connectivity index is 1.57. The van der Waals surface area contributed by atoms with Crippen LogP contribution in [0.2, 0.25) is 0 Å². The van der Waals surface area contributed by atoms with Gasteiger partial charge in [-0.1, -0.05) is 35.6 Å². The Hall–Kier alpha value is -3.90. The van der Waals surface area contributed by atoms with Crippen LogP contribution in [0.5, 0.6) is 0 Å². The number of anilines is 1. The van der Waals surface area contributed by atoms with E-state index in [4.69, 9.17) is 9.15 Å². The fourth-order valence-electron chi connectivity index (χ4n) is 4.33. The summed E-state index contributed by atoms with van der Waals surface area (Å²) < 4.78 is 13.1. The molecular formula is C28H25N3O6S2. The van der Waals surface area contributed by atoms with E-state index in [-0.39, 0.29) is 28.7 Å². The van der Waals surface area contributed by atoms with E-state index >= 15 is 0 Å². The number of hydrogen-bond donors (Lipinski definition) is 2. The van der Waals surface area contributed by atoms with E-state index in [1.165, 1.54) is 22.1 Å². The average Bonchev–Trinajstić information content (AvgIpc) is 3.53. The number of carbonyl (C=O) groups is 1. The largest absolute Gasteiger partial charge is 0.463 e. The number of carbonyl (C=O) groups excluding carboxylic acids is 1. The van der Waals surface area contributed by atoms with Crippen LogP contribution in [-0.4, -0.2) is 33.8 Å². The molecule has 0 fully saturated rings. The number of aromatic nitrogens is 1. The number of esters is 1. The van der Waals surface area contributed by atoms with E-state index in [1.807, 2.05) is 30.5 Å². The predicted octanol–water partition coefficient (Wildman–Crippen LogP) is 4.28. The molecule has 11 heteroatoms. The smallest absolute Gasteiger partial charge is 0.338 e. The van der Waals surface area contributed by atoms with E-state index in [0.29, 0.717) is 32.0 Å². The summed E-state index contributed by atoms with van der Waals surface area (Å²) >= 11 is 2.80. The number of furan rings is 1. The van der Waals surface area contributed by atoms with Crippen LogP contribution >= 0.6 is 23.1 Å². The highest BCUT2D eigenvalue weighted by Crippen LogP contribution is 2.30. The van der Waals surface area contributed by atoms with Gasteiger partial charge in [0, 0.05) is 22.7 Å². The lowest BCUT2D eigenvalue weighted by Crippen LogP contribution is -2.39. The van der Waals surface area contributed by atoms with Crippen molar-refractivity contribution in [3.63, 3.8) is 0 Å². The van der Waals surface area contributed by atoms with Crippen molar-refractivity contribution in [2.75, 3.05) is 18.1 Å². The SMILES string of the molecule is CCOC(=O)C1=CN=c2sc(=Cc3ccc(-c4ccc(C)c(N(O)O)c4)o3)c(=O)n2C1c1ccc(SC)cc1. The highest BCUT2D eigenvalue weighted by Gasteiger charge is 2.31. The summed E-state index contributed by atoms with van der Waals surface area (Å²) in [6.45, 7) is 3.69. The van der Waals surface area contributed by atoms with Crippen LogP contribution in [0.25, 0.3) is 17.4 Å². The van der Waals surface area contributed by atoms with Gasteiger partial charge in [-0.25, -0.2) is 9.79 Å². The van der Waals surface area contributed by atoms with Crippen molar-refractivity contribution < 1.29 is 24.4 Å². The Labute approximate surface area is 231 Å². The molecule has 39 heavy (non-hydrogen) atoms. The monoisotopic (exact) mass is 563 g/mol. The molecule has 1 aliphatic heterocycles. The third-order valence-corrected chi connectivity index (χ3v) is 8.00. The van der Waals surface area contributed by atoms with Crippen LogP contribution in [0.1, 0.15) is 29.9 Å². The first-order chi connectivity index (χ1) is 18.8. The van der Waals surface area contributed by atoms with Crippen LogP contribution in [0, 0.1) is 6.92 Å². The molecule has 0 aliphatic carbocycles. The summed E-state index contributed by atoms with van der Waals surface area (Å²) in [6, 6.07) is 15.6. The number of rotatable bonds is 7. The third kappa shape index (κ3) is 5.21. The van der Waals surface area contributed by atoms with Crippen molar-refractivity contribution in [3.8, 4) is 11.3 Å². The van der Waals surface area contributed by atoms with Crippen molar-refractivity contribution >= 4 is 40.8 Å². The molecule has 0 saturated heterocycles. The molecule has 2 N–H and O–H groups in total. The van der Waals surface area contributed by atoms with Gasteiger partial charge in [-0.3, -0.25) is 19.8 Å². The first-order valence-corrected chi connectivity index (χ1v) is 14.1. The minimum absolute atomic E-state index is 0.0685. The van der Waals surface area contributed by atoms with Gasteiger partial charge in [0.2, 0.25) is 0 Å². The fourth-order valence-corrected chi connectivity index (χ4v) is 5.68. The maximum absolute atomic E-state index is 13.7. The van der Waals surface area contributed by atoms with Gasteiger partial charge < -0.3 is 9.15 Å². The molecule has 1 unspecified atom stereocenters. The summed E-state index contributed by atoms with van der Waals surface area (Å²) in [6.07, 6.45) is 5.09. The van der Waals surface area contributed by atoms with Crippen molar-refractivity contribution in [2.45, 2.75) is 24.8 Å². The highest BCUT2D eigenvalue weighted by atomic mass is 32.2. The zero-order chi connectivity index (χ0) is 27.7. The molecule has 0 saturated carbocycles. The number of ether oxygens (including phenoxy) is 1. The second kappa shape index (κ2) is 11.1. The van der Waals surface area contributed by atoms with Gasteiger partial charge in [-0.15, -0.1) is 17.0 Å². The topological polar surface area (TPSA) is 118 Å². The summed E-state index contributed by atoms with van der Waals surface area (Å²) in [7, 11) is 0. The van der Waals surface area contributed by atoms with Gasteiger partial charge in [-0.05, 0) is 61.6 Å². The fraction of sp³-hybridized carbons (Fsp3) is 0.179. The normalized spacial score (nSPS) is 14.9. The molecule has 9 nitrogen and oxygen atoms in total. The zero-order valence-corrected chi connectivity index (χ0v) is 23.0. The van der Waals surface area contributed by atoms with Crippen molar-refractivity contribution in [2.24, 2.45) is 4.99 Å². The molecule has 1 atom stereocenters. The van der Waals surface area contributed by atoms with Crippen LogP contribution < -0.4 is 20.1 Å². The summed E-state index contributed by atoms with van der Waals surface area (Å²) in [5.41, 5.74) is 2.28. The van der Waals surface area contributed by atoms with Gasteiger partial charge in [0.25, 0.3) is 5.56 Å². The average molecular weight is 564 g/mol. The zero-order valence-electron chi connectivity index (χ0n) is 21.3. The van der Waals surface area contributed by atoms with Gasteiger partial charge >= 0.3 is 5.97 Å². The van der Waals surface area contributed by atoms with Crippen LogP contribution in [0.3, 0.4) is 0 Å². The minimum Gasteiger partial charge on any atom is -0.463 e. The molecule has 5 rings (SSSR count). The van der Waals surface area contributed by atoms with Gasteiger partial charge in [0.05, 0.1) is 28.4 Å². The molecule has 0 spiro atoms.